The SMILES string of the molecule is C=CCNC(=O)C(=O)N/N=C\c1cc(Br)ccc1Nc1cccc(Cl)c1. The molecule has 6 nitrogen and oxygen atoms in total. The number of carbonyl (C=O) groups excluding carboxylic acids is 2. The van der Waals surface area contributed by atoms with Gasteiger partial charge in [0, 0.05) is 33.0 Å². The Labute approximate surface area is 164 Å². The summed E-state index contributed by atoms with van der Waals surface area (Å²) in [6, 6.07) is 12.8. The van der Waals surface area contributed by atoms with Gasteiger partial charge in [0.1, 0.15) is 0 Å². The fourth-order valence-electron chi connectivity index (χ4n) is 1.93. The van der Waals surface area contributed by atoms with Crippen LogP contribution >= 0.6 is 27.5 Å². The van der Waals surface area contributed by atoms with Crippen LogP contribution in [0.15, 0.2) is 64.7 Å². The summed E-state index contributed by atoms with van der Waals surface area (Å²) in [5.74, 6) is -1.64. The lowest BCUT2D eigenvalue weighted by atomic mass is 10.2. The first-order valence-electron chi connectivity index (χ1n) is 7.54. The second kappa shape index (κ2) is 9.74. The third-order valence-electron chi connectivity index (χ3n) is 3.10. The molecule has 0 fully saturated rings. The van der Waals surface area contributed by atoms with Gasteiger partial charge in [-0.25, -0.2) is 5.43 Å². The zero-order valence-corrected chi connectivity index (χ0v) is 16.0. The van der Waals surface area contributed by atoms with Gasteiger partial charge in [-0.15, -0.1) is 6.58 Å². The van der Waals surface area contributed by atoms with E-state index in [-0.39, 0.29) is 6.54 Å². The molecule has 0 saturated heterocycles. The topological polar surface area (TPSA) is 82.6 Å². The van der Waals surface area contributed by atoms with Crippen LogP contribution in [0.2, 0.25) is 5.02 Å². The Morgan fingerprint density at radius 2 is 2.00 bits per heavy atom. The maximum Gasteiger partial charge on any atom is 0.329 e. The number of rotatable bonds is 6. The molecule has 0 aromatic heterocycles. The van der Waals surface area contributed by atoms with E-state index in [4.69, 9.17) is 11.6 Å². The number of carbonyl (C=O) groups is 2. The average molecular weight is 436 g/mol. The van der Waals surface area contributed by atoms with Gasteiger partial charge in [-0.05, 0) is 36.4 Å². The van der Waals surface area contributed by atoms with Gasteiger partial charge in [-0.3, -0.25) is 9.59 Å². The van der Waals surface area contributed by atoms with Crippen LogP contribution in [0.5, 0.6) is 0 Å². The zero-order valence-electron chi connectivity index (χ0n) is 13.6. The van der Waals surface area contributed by atoms with E-state index in [1.807, 2.05) is 30.3 Å². The highest BCUT2D eigenvalue weighted by Gasteiger charge is 2.10. The molecule has 0 aliphatic heterocycles. The summed E-state index contributed by atoms with van der Waals surface area (Å²) in [5.41, 5.74) is 4.44. The first-order valence-corrected chi connectivity index (χ1v) is 8.71. The van der Waals surface area contributed by atoms with E-state index in [0.29, 0.717) is 10.6 Å². The van der Waals surface area contributed by atoms with Crippen LogP contribution < -0.4 is 16.1 Å². The van der Waals surface area contributed by atoms with E-state index < -0.39 is 11.8 Å². The monoisotopic (exact) mass is 434 g/mol. The van der Waals surface area contributed by atoms with Crippen LogP contribution in [0, 0.1) is 0 Å². The summed E-state index contributed by atoms with van der Waals surface area (Å²) < 4.78 is 0.839. The third-order valence-corrected chi connectivity index (χ3v) is 3.83. The Hall–Kier alpha value is -2.64. The van der Waals surface area contributed by atoms with Crippen molar-refractivity contribution in [2.75, 3.05) is 11.9 Å². The Balaban J connectivity index is 2.10. The summed E-state index contributed by atoms with van der Waals surface area (Å²) in [6.45, 7) is 3.66. The van der Waals surface area contributed by atoms with Gasteiger partial charge in [0.05, 0.1) is 6.21 Å². The van der Waals surface area contributed by atoms with Crippen molar-refractivity contribution in [1.82, 2.24) is 10.7 Å². The van der Waals surface area contributed by atoms with Crippen molar-refractivity contribution in [3.63, 3.8) is 0 Å². The van der Waals surface area contributed by atoms with E-state index >= 15 is 0 Å². The molecule has 0 aliphatic rings. The Kier molecular flexibility index (Phi) is 7.37. The molecule has 0 radical (unpaired) electrons. The third kappa shape index (κ3) is 6.02. The van der Waals surface area contributed by atoms with Gasteiger partial charge in [-0.2, -0.15) is 5.10 Å². The van der Waals surface area contributed by atoms with Crippen LogP contribution in [0.3, 0.4) is 0 Å². The number of nitrogens with zero attached hydrogens (tertiary/aromatic N) is 1. The standard InChI is InChI=1S/C18H16BrClN4O2/c1-2-8-21-17(25)18(26)24-22-11-12-9-13(19)6-7-16(12)23-15-5-3-4-14(20)10-15/h2-7,9-11,23H,1,8H2,(H,21,25)(H,24,26)/b22-11-. The van der Waals surface area contributed by atoms with Gasteiger partial charge < -0.3 is 10.6 Å². The number of amides is 2. The molecule has 0 saturated carbocycles. The maximum absolute atomic E-state index is 11.6. The van der Waals surface area contributed by atoms with E-state index in [1.54, 1.807) is 12.1 Å². The number of anilines is 2. The average Bonchev–Trinajstić information content (AvgIpc) is 2.61. The van der Waals surface area contributed by atoms with Crippen LogP contribution in [0.4, 0.5) is 11.4 Å². The summed E-state index contributed by atoms with van der Waals surface area (Å²) in [5, 5.41) is 10.0. The predicted molar refractivity (Wildman–Crippen MR) is 108 cm³/mol. The lowest BCUT2D eigenvalue weighted by Gasteiger charge is -2.10. The molecule has 0 heterocycles. The van der Waals surface area contributed by atoms with Crippen molar-refractivity contribution < 1.29 is 9.59 Å². The van der Waals surface area contributed by atoms with Gasteiger partial charge in [0.15, 0.2) is 0 Å². The molecular formula is C18H16BrClN4O2. The molecule has 2 aromatic rings. The molecular weight excluding hydrogens is 420 g/mol. The first-order chi connectivity index (χ1) is 12.5. The van der Waals surface area contributed by atoms with Crippen molar-refractivity contribution in [3.05, 3.63) is 70.2 Å². The fourth-order valence-corrected chi connectivity index (χ4v) is 2.50. The first kappa shape index (κ1) is 19.7. The van der Waals surface area contributed by atoms with Crippen LogP contribution in [0.25, 0.3) is 0 Å². The van der Waals surface area contributed by atoms with Crippen LogP contribution in [-0.4, -0.2) is 24.6 Å². The highest BCUT2D eigenvalue weighted by molar-refractivity contribution is 9.10. The Morgan fingerprint density at radius 3 is 2.73 bits per heavy atom. The zero-order chi connectivity index (χ0) is 18.9. The van der Waals surface area contributed by atoms with Crippen molar-refractivity contribution in [3.8, 4) is 0 Å². The molecule has 3 N–H and O–H groups in total. The summed E-state index contributed by atoms with van der Waals surface area (Å²) in [6.07, 6.45) is 2.92. The molecule has 8 heteroatoms. The minimum atomic E-state index is -0.859. The second-order valence-electron chi connectivity index (χ2n) is 5.06. The Bertz CT molecular complexity index is 855. The fraction of sp³-hybridized carbons (Fsp3) is 0.0556. The highest BCUT2D eigenvalue weighted by Crippen LogP contribution is 2.25. The van der Waals surface area contributed by atoms with Gasteiger partial charge in [-0.1, -0.05) is 39.7 Å². The molecule has 0 aliphatic carbocycles. The largest absolute Gasteiger partial charge is 0.355 e. The lowest BCUT2D eigenvalue weighted by molar-refractivity contribution is -0.139. The number of hydrazone groups is 1. The second-order valence-corrected chi connectivity index (χ2v) is 6.42. The number of nitrogens with one attached hydrogen (secondary N) is 3. The molecule has 2 aromatic carbocycles. The minimum Gasteiger partial charge on any atom is -0.355 e. The summed E-state index contributed by atoms with van der Waals surface area (Å²) >= 11 is 9.39. The normalized spacial score (nSPS) is 10.4. The van der Waals surface area contributed by atoms with E-state index in [1.165, 1.54) is 12.3 Å². The predicted octanol–water partition coefficient (Wildman–Crippen LogP) is 3.60. The number of hydrogen-bond acceptors (Lipinski definition) is 4. The molecule has 134 valence electrons. The molecule has 0 atom stereocenters. The van der Waals surface area contributed by atoms with Gasteiger partial charge in [0.2, 0.25) is 0 Å². The van der Waals surface area contributed by atoms with Gasteiger partial charge in [0.25, 0.3) is 0 Å². The van der Waals surface area contributed by atoms with Crippen molar-refractivity contribution in [2.45, 2.75) is 0 Å². The molecule has 0 spiro atoms. The molecule has 0 unspecified atom stereocenters. The highest BCUT2D eigenvalue weighted by atomic mass is 79.9. The van der Waals surface area contributed by atoms with Gasteiger partial charge >= 0.3 is 11.8 Å². The molecule has 26 heavy (non-hydrogen) atoms. The minimum absolute atomic E-state index is 0.204. The summed E-state index contributed by atoms with van der Waals surface area (Å²) in [7, 11) is 0. The molecule has 2 amide bonds. The van der Waals surface area contributed by atoms with Crippen molar-refractivity contribution in [2.24, 2.45) is 5.10 Å². The van der Waals surface area contributed by atoms with E-state index in [2.05, 4.69) is 43.7 Å². The van der Waals surface area contributed by atoms with Crippen molar-refractivity contribution in [1.29, 1.82) is 0 Å². The Morgan fingerprint density at radius 1 is 1.19 bits per heavy atom. The molecule has 2 rings (SSSR count). The number of benzene rings is 2. The maximum atomic E-state index is 11.6. The van der Waals surface area contributed by atoms with Crippen LogP contribution in [-0.2, 0) is 9.59 Å². The lowest BCUT2D eigenvalue weighted by Crippen LogP contribution is -2.37. The van der Waals surface area contributed by atoms with Crippen LogP contribution in [0.1, 0.15) is 5.56 Å². The quantitative estimate of drug-likeness (QED) is 0.281. The van der Waals surface area contributed by atoms with E-state index in [0.717, 1.165) is 15.8 Å². The molecule has 0 bridgehead atoms. The van der Waals surface area contributed by atoms with Crippen molar-refractivity contribution >= 4 is 56.9 Å². The summed E-state index contributed by atoms with van der Waals surface area (Å²) in [4.78, 5) is 23.1. The smallest absolute Gasteiger partial charge is 0.329 e. The van der Waals surface area contributed by atoms with E-state index in [9.17, 15) is 9.59 Å². The number of hydrogen-bond donors (Lipinski definition) is 3. The number of halogens is 2.